The van der Waals surface area contributed by atoms with Gasteiger partial charge in [0.05, 0.1) is 6.10 Å². The van der Waals surface area contributed by atoms with Gasteiger partial charge in [-0.2, -0.15) is 0 Å². The summed E-state index contributed by atoms with van der Waals surface area (Å²) >= 11 is 1.22. The first-order chi connectivity index (χ1) is 7.18. The summed E-state index contributed by atoms with van der Waals surface area (Å²) in [5.74, 6) is 0. The Hall–Kier alpha value is -0.430. The van der Waals surface area contributed by atoms with Crippen molar-refractivity contribution in [1.82, 2.24) is 4.72 Å². The van der Waals surface area contributed by atoms with Gasteiger partial charge in [0.2, 0.25) is 10.0 Å². The van der Waals surface area contributed by atoms with E-state index in [9.17, 15) is 8.42 Å². The lowest BCUT2D eigenvalue weighted by Gasteiger charge is -2.09. The Kier molecular flexibility index (Phi) is 3.40. The lowest BCUT2D eigenvalue weighted by Crippen LogP contribution is -2.31. The van der Waals surface area contributed by atoms with Crippen molar-refractivity contribution < 1.29 is 13.2 Å². The summed E-state index contributed by atoms with van der Waals surface area (Å²) in [7, 11) is -3.32. The smallest absolute Gasteiger partial charge is 0.250 e. The Morgan fingerprint density at radius 2 is 2.47 bits per heavy atom. The fraction of sp³-hybridized carbons (Fsp3) is 0.556. The SMILES string of the molecule is O=S(=O)(NC[C@@H]1CCCO1)c1cccs1. The lowest BCUT2D eigenvalue weighted by molar-refractivity contribution is 0.114. The Bertz CT molecular complexity index is 393. The average molecular weight is 247 g/mol. The first-order valence-electron chi connectivity index (χ1n) is 4.83. The maximum atomic E-state index is 11.7. The van der Waals surface area contributed by atoms with E-state index in [4.69, 9.17) is 4.74 Å². The van der Waals surface area contributed by atoms with E-state index >= 15 is 0 Å². The van der Waals surface area contributed by atoms with Crippen LogP contribution in [0.1, 0.15) is 12.8 Å². The summed E-state index contributed by atoms with van der Waals surface area (Å²) in [6.07, 6.45) is 2.00. The number of nitrogens with one attached hydrogen (secondary N) is 1. The molecule has 0 bridgehead atoms. The predicted octanol–water partition coefficient (Wildman–Crippen LogP) is 1.21. The molecule has 6 heteroatoms. The molecular formula is C9H13NO3S2. The standard InChI is InChI=1S/C9H13NO3S2/c11-15(12,9-4-2-6-14-9)10-7-8-3-1-5-13-8/h2,4,6,8,10H,1,3,5,7H2/t8-/m0/s1. The van der Waals surface area contributed by atoms with E-state index in [1.54, 1.807) is 17.5 Å². The zero-order chi connectivity index (χ0) is 10.7. The average Bonchev–Trinajstić information content (AvgIpc) is 2.88. The summed E-state index contributed by atoms with van der Waals surface area (Å²) in [5, 5.41) is 1.75. The van der Waals surface area contributed by atoms with Gasteiger partial charge in [-0.3, -0.25) is 0 Å². The summed E-state index contributed by atoms with van der Waals surface area (Å²) in [4.78, 5) is 0. The van der Waals surface area contributed by atoms with Crippen molar-refractivity contribution in [2.45, 2.75) is 23.2 Å². The maximum absolute atomic E-state index is 11.7. The molecule has 84 valence electrons. The van der Waals surface area contributed by atoms with Crippen LogP contribution in [-0.4, -0.2) is 27.7 Å². The monoisotopic (exact) mass is 247 g/mol. The van der Waals surface area contributed by atoms with Crippen LogP contribution in [0.15, 0.2) is 21.7 Å². The second-order valence-corrected chi connectivity index (χ2v) is 6.36. The van der Waals surface area contributed by atoms with Crippen molar-refractivity contribution in [2.75, 3.05) is 13.2 Å². The van der Waals surface area contributed by atoms with Gasteiger partial charge in [-0.05, 0) is 24.3 Å². The number of hydrogen-bond acceptors (Lipinski definition) is 4. The largest absolute Gasteiger partial charge is 0.377 e. The van der Waals surface area contributed by atoms with E-state index in [1.165, 1.54) is 11.3 Å². The Morgan fingerprint density at radius 1 is 1.60 bits per heavy atom. The van der Waals surface area contributed by atoms with Crippen molar-refractivity contribution in [1.29, 1.82) is 0 Å². The van der Waals surface area contributed by atoms with E-state index in [1.807, 2.05) is 0 Å². The molecule has 2 rings (SSSR count). The van der Waals surface area contributed by atoms with Gasteiger partial charge >= 0.3 is 0 Å². The Balaban J connectivity index is 1.93. The second-order valence-electron chi connectivity index (χ2n) is 3.42. The summed E-state index contributed by atoms with van der Waals surface area (Å²) in [5.41, 5.74) is 0. The van der Waals surface area contributed by atoms with Crippen LogP contribution in [-0.2, 0) is 14.8 Å². The van der Waals surface area contributed by atoms with Crippen LogP contribution < -0.4 is 4.72 Å². The van der Waals surface area contributed by atoms with Crippen LogP contribution in [0.4, 0.5) is 0 Å². The lowest BCUT2D eigenvalue weighted by atomic mass is 10.2. The molecule has 4 nitrogen and oxygen atoms in total. The molecule has 1 aromatic rings. The van der Waals surface area contributed by atoms with Crippen molar-refractivity contribution in [3.63, 3.8) is 0 Å². The van der Waals surface area contributed by atoms with Crippen molar-refractivity contribution >= 4 is 21.4 Å². The van der Waals surface area contributed by atoms with Gasteiger partial charge in [0.15, 0.2) is 0 Å². The highest BCUT2D eigenvalue weighted by molar-refractivity contribution is 7.91. The second kappa shape index (κ2) is 4.61. The molecule has 0 amide bonds. The highest BCUT2D eigenvalue weighted by atomic mass is 32.2. The van der Waals surface area contributed by atoms with Gasteiger partial charge in [0.1, 0.15) is 4.21 Å². The fourth-order valence-corrected chi connectivity index (χ4v) is 3.60. The molecule has 1 aromatic heterocycles. The normalized spacial score (nSPS) is 22.0. The van der Waals surface area contributed by atoms with Crippen LogP contribution in [0.5, 0.6) is 0 Å². The van der Waals surface area contributed by atoms with Crippen LogP contribution in [0, 0.1) is 0 Å². The molecule has 0 aromatic carbocycles. The van der Waals surface area contributed by atoms with Crippen molar-refractivity contribution in [2.24, 2.45) is 0 Å². The molecule has 0 spiro atoms. The third-order valence-corrected chi connectivity index (χ3v) is 5.11. The molecule has 1 aliphatic rings. The zero-order valence-corrected chi connectivity index (χ0v) is 9.81. The number of hydrogen-bond donors (Lipinski definition) is 1. The van der Waals surface area contributed by atoms with Gasteiger partial charge in [-0.15, -0.1) is 11.3 Å². The summed E-state index contributed by atoms with van der Waals surface area (Å²) in [6, 6.07) is 3.33. The van der Waals surface area contributed by atoms with Gasteiger partial charge in [-0.25, -0.2) is 13.1 Å². The minimum Gasteiger partial charge on any atom is -0.377 e. The van der Waals surface area contributed by atoms with Crippen molar-refractivity contribution in [3.8, 4) is 0 Å². The number of ether oxygens (including phenoxy) is 1. The number of sulfonamides is 1. The van der Waals surface area contributed by atoms with E-state index in [0.717, 1.165) is 19.4 Å². The molecule has 1 fully saturated rings. The van der Waals surface area contributed by atoms with Crippen molar-refractivity contribution in [3.05, 3.63) is 17.5 Å². The first-order valence-corrected chi connectivity index (χ1v) is 7.19. The topological polar surface area (TPSA) is 55.4 Å². The number of rotatable bonds is 4. The Morgan fingerprint density at radius 3 is 3.07 bits per heavy atom. The van der Waals surface area contributed by atoms with E-state index in [2.05, 4.69) is 4.72 Å². The molecule has 1 atom stereocenters. The van der Waals surface area contributed by atoms with Gasteiger partial charge < -0.3 is 4.74 Å². The highest BCUT2D eigenvalue weighted by Gasteiger charge is 2.20. The summed E-state index contributed by atoms with van der Waals surface area (Å²) in [6.45, 7) is 1.12. The third-order valence-electron chi connectivity index (χ3n) is 2.28. The number of thiophene rings is 1. The third kappa shape index (κ3) is 2.78. The minimum absolute atomic E-state index is 0.0414. The molecule has 0 aliphatic carbocycles. The maximum Gasteiger partial charge on any atom is 0.250 e. The van der Waals surface area contributed by atoms with Crippen LogP contribution >= 0.6 is 11.3 Å². The van der Waals surface area contributed by atoms with Crippen LogP contribution in [0.3, 0.4) is 0 Å². The van der Waals surface area contributed by atoms with Gasteiger partial charge in [0.25, 0.3) is 0 Å². The molecule has 1 N–H and O–H groups in total. The van der Waals surface area contributed by atoms with Gasteiger partial charge in [0, 0.05) is 13.2 Å². The molecule has 15 heavy (non-hydrogen) atoms. The van der Waals surface area contributed by atoms with E-state index in [0.29, 0.717) is 10.8 Å². The molecular weight excluding hydrogens is 234 g/mol. The Labute approximate surface area is 93.3 Å². The predicted molar refractivity (Wildman–Crippen MR) is 58.5 cm³/mol. The quantitative estimate of drug-likeness (QED) is 0.870. The molecule has 1 saturated heterocycles. The molecule has 2 heterocycles. The van der Waals surface area contributed by atoms with E-state index < -0.39 is 10.0 Å². The van der Waals surface area contributed by atoms with Crippen LogP contribution in [0.25, 0.3) is 0 Å². The summed E-state index contributed by atoms with van der Waals surface area (Å²) < 4.78 is 31.7. The molecule has 1 aliphatic heterocycles. The zero-order valence-electron chi connectivity index (χ0n) is 8.18. The van der Waals surface area contributed by atoms with Gasteiger partial charge in [-0.1, -0.05) is 6.07 Å². The van der Waals surface area contributed by atoms with E-state index in [-0.39, 0.29) is 6.10 Å². The first kappa shape index (κ1) is 11.1. The molecule has 0 unspecified atom stereocenters. The van der Waals surface area contributed by atoms with Crippen LogP contribution in [0.2, 0.25) is 0 Å². The molecule has 0 radical (unpaired) electrons. The highest BCUT2D eigenvalue weighted by Crippen LogP contribution is 2.16. The minimum atomic E-state index is -3.32. The fourth-order valence-electron chi connectivity index (χ4n) is 1.50. The molecule has 0 saturated carbocycles.